The van der Waals surface area contributed by atoms with Gasteiger partial charge in [0.25, 0.3) is 5.91 Å². The van der Waals surface area contributed by atoms with Gasteiger partial charge in [-0.3, -0.25) is 4.79 Å². The number of hydrogen-bond acceptors (Lipinski definition) is 4. The van der Waals surface area contributed by atoms with Crippen LogP contribution in [0.15, 0.2) is 42.5 Å². The predicted molar refractivity (Wildman–Crippen MR) is 100 cm³/mol. The molecule has 0 unspecified atom stereocenters. The summed E-state index contributed by atoms with van der Waals surface area (Å²) in [4.78, 5) is 17.5. The molecule has 2 N–H and O–H groups in total. The van der Waals surface area contributed by atoms with Crippen molar-refractivity contribution in [3.05, 3.63) is 70.0 Å². The van der Waals surface area contributed by atoms with Crippen LogP contribution in [0.25, 0.3) is 0 Å². The lowest BCUT2D eigenvalue weighted by Crippen LogP contribution is -2.12. The number of thiazole rings is 1. The first-order valence-corrected chi connectivity index (χ1v) is 8.62. The van der Waals surface area contributed by atoms with Gasteiger partial charge in [-0.25, -0.2) is 9.37 Å². The number of anilines is 3. The minimum absolute atomic E-state index is 0.248. The molecule has 0 radical (unpaired) electrons. The van der Waals surface area contributed by atoms with Gasteiger partial charge >= 0.3 is 0 Å². The minimum atomic E-state index is -0.325. The van der Waals surface area contributed by atoms with E-state index in [1.807, 2.05) is 31.2 Å². The molecule has 0 aliphatic carbocycles. The summed E-state index contributed by atoms with van der Waals surface area (Å²) in [7, 11) is 0. The zero-order valence-electron chi connectivity index (χ0n) is 14.2. The van der Waals surface area contributed by atoms with Crippen LogP contribution in [-0.2, 0) is 0 Å². The highest BCUT2D eigenvalue weighted by molar-refractivity contribution is 7.17. The second-order valence-corrected chi connectivity index (χ2v) is 6.84. The predicted octanol–water partition coefficient (Wildman–Crippen LogP) is 5.20. The number of aromatic nitrogens is 1. The van der Waals surface area contributed by atoms with Crippen LogP contribution in [0, 0.1) is 26.6 Å². The molecule has 0 fully saturated rings. The SMILES string of the molecule is Cc1cccc(Nc2nc(C)c(C(=O)Nc3ccc(F)cc3C)s2)c1. The molecule has 2 aromatic carbocycles. The number of hydrogen-bond donors (Lipinski definition) is 2. The molecular formula is C19H18FN3OS. The molecule has 0 saturated heterocycles. The first kappa shape index (κ1) is 17.1. The lowest BCUT2D eigenvalue weighted by Gasteiger charge is -2.07. The number of carbonyl (C=O) groups excluding carboxylic acids is 1. The molecule has 128 valence electrons. The van der Waals surface area contributed by atoms with Crippen molar-refractivity contribution in [2.24, 2.45) is 0 Å². The summed E-state index contributed by atoms with van der Waals surface area (Å²) in [6.07, 6.45) is 0. The van der Waals surface area contributed by atoms with E-state index in [9.17, 15) is 9.18 Å². The molecule has 0 saturated carbocycles. The van der Waals surface area contributed by atoms with E-state index in [4.69, 9.17) is 0 Å². The highest BCUT2D eigenvalue weighted by atomic mass is 32.1. The molecule has 1 amide bonds. The lowest BCUT2D eigenvalue weighted by molar-refractivity contribution is 0.102. The fraction of sp³-hybridized carbons (Fsp3) is 0.158. The van der Waals surface area contributed by atoms with Gasteiger partial charge in [-0.1, -0.05) is 23.5 Å². The molecule has 3 rings (SSSR count). The maximum atomic E-state index is 13.2. The van der Waals surface area contributed by atoms with Gasteiger partial charge < -0.3 is 10.6 Å². The van der Waals surface area contributed by atoms with Crippen molar-refractivity contribution in [3.8, 4) is 0 Å². The molecule has 1 heterocycles. The Labute approximate surface area is 149 Å². The number of carbonyl (C=O) groups is 1. The summed E-state index contributed by atoms with van der Waals surface area (Å²) in [5, 5.41) is 6.70. The molecule has 0 atom stereocenters. The normalized spacial score (nSPS) is 10.6. The quantitative estimate of drug-likeness (QED) is 0.676. The summed E-state index contributed by atoms with van der Waals surface area (Å²) >= 11 is 1.29. The van der Waals surface area contributed by atoms with E-state index in [0.717, 1.165) is 11.3 Å². The molecule has 0 bridgehead atoms. The topological polar surface area (TPSA) is 54.0 Å². The Hall–Kier alpha value is -2.73. The van der Waals surface area contributed by atoms with Gasteiger partial charge in [-0.05, 0) is 62.2 Å². The van der Waals surface area contributed by atoms with Gasteiger partial charge in [0.15, 0.2) is 5.13 Å². The molecule has 0 aliphatic heterocycles. The average Bonchev–Trinajstić information content (AvgIpc) is 2.90. The molecule has 4 nitrogen and oxygen atoms in total. The summed E-state index contributed by atoms with van der Waals surface area (Å²) in [6.45, 7) is 5.56. The summed E-state index contributed by atoms with van der Waals surface area (Å²) < 4.78 is 13.2. The van der Waals surface area contributed by atoms with Gasteiger partial charge in [0, 0.05) is 11.4 Å². The Bertz CT molecular complexity index is 936. The van der Waals surface area contributed by atoms with E-state index < -0.39 is 0 Å². The number of rotatable bonds is 4. The monoisotopic (exact) mass is 355 g/mol. The smallest absolute Gasteiger partial charge is 0.267 e. The molecule has 1 aromatic heterocycles. The minimum Gasteiger partial charge on any atom is -0.332 e. The second-order valence-electron chi connectivity index (χ2n) is 5.84. The zero-order valence-corrected chi connectivity index (χ0v) is 15.0. The Balaban J connectivity index is 1.78. The largest absolute Gasteiger partial charge is 0.332 e. The third-order valence-corrected chi connectivity index (χ3v) is 4.78. The van der Waals surface area contributed by atoms with Gasteiger partial charge in [0.2, 0.25) is 0 Å². The standard InChI is InChI=1S/C19H18FN3OS/c1-11-5-4-6-15(9-11)22-19-21-13(3)17(25-19)18(24)23-16-8-7-14(20)10-12(16)2/h4-10H,1-3H3,(H,21,22)(H,23,24). The van der Waals surface area contributed by atoms with Crippen molar-refractivity contribution in [3.63, 3.8) is 0 Å². The van der Waals surface area contributed by atoms with E-state index >= 15 is 0 Å². The number of nitrogens with zero attached hydrogens (tertiary/aromatic N) is 1. The van der Waals surface area contributed by atoms with Crippen molar-refractivity contribution >= 4 is 33.8 Å². The average molecular weight is 355 g/mol. The van der Waals surface area contributed by atoms with Crippen LogP contribution >= 0.6 is 11.3 Å². The van der Waals surface area contributed by atoms with Gasteiger partial charge in [-0.2, -0.15) is 0 Å². The molecule has 25 heavy (non-hydrogen) atoms. The van der Waals surface area contributed by atoms with Crippen LogP contribution in [0.4, 0.5) is 20.9 Å². The van der Waals surface area contributed by atoms with Crippen molar-refractivity contribution < 1.29 is 9.18 Å². The molecule has 0 spiro atoms. The molecule has 6 heteroatoms. The van der Waals surface area contributed by atoms with Crippen molar-refractivity contribution in [1.82, 2.24) is 4.98 Å². The van der Waals surface area contributed by atoms with Crippen LogP contribution < -0.4 is 10.6 Å². The van der Waals surface area contributed by atoms with Crippen LogP contribution in [-0.4, -0.2) is 10.9 Å². The molecule has 3 aromatic rings. The maximum Gasteiger partial charge on any atom is 0.267 e. The van der Waals surface area contributed by atoms with E-state index in [-0.39, 0.29) is 11.7 Å². The molecular weight excluding hydrogens is 337 g/mol. The van der Waals surface area contributed by atoms with Crippen LogP contribution in [0.3, 0.4) is 0 Å². The van der Waals surface area contributed by atoms with E-state index in [0.29, 0.717) is 27.0 Å². The number of nitrogens with one attached hydrogen (secondary N) is 2. The number of amides is 1. The van der Waals surface area contributed by atoms with E-state index in [2.05, 4.69) is 15.6 Å². The Morgan fingerprint density at radius 1 is 1.12 bits per heavy atom. The second kappa shape index (κ2) is 7.03. The van der Waals surface area contributed by atoms with E-state index in [1.165, 1.54) is 23.5 Å². The Morgan fingerprint density at radius 3 is 2.64 bits per heavy atom. The Morgan fingerprint density at radius 2 is 1.92 bits per heavy atom. The fourth-order valence-electron chi connectivity index (χ4n) is 2.45. The Kier molecular flexibility index (Phi) is 4.81. The van der Waals surface area contributed by atoms with Crippen molar-refractivity contribution in [2.45, 2.75) is 20.8 Å². The summed E-state index contributed by atoms with van der Waals surface area (Å²) in [5.41, 5.74) is 3.98. The molecule has 0 aliphatic rings. The van der Waals surface area contributed by atoms with E-state index in [1.54, 1.807) is 19.9 Å². The highest BCUT2D eigenvalue weighted by Gasteiger charge is 2.16. The first-order valence-electron chi connectivity index (χ1n) is 7.81. The van der Waals surface area contributed by atoms with Crippen molar-refractivity contribution in [2.75, 3.05) is 10.6 Å². The number of halogens is 1. The van der Waals surface area contributed by atoms with Gasteiger partial charge in [0.05, 0.1) is 5.69 Å². The third kappa shape index (κ3) is 4.03. The zero-order chi connectivity index (χ0) is 18.0. The highest BCUT2D eigenvalue weighted by Crippen LogP contribution is 2.27. The lowest BCUT2D eigenvalue weighted by atomic mass is 10.2. The first-order chi connectivity index (χ1) is 11.9. The van der Waals surface area contributed by atoms with Crippen LogP contribution in [0.5, 0.6) is 0 Å². The van der Waals surface area contributed by atoms with Gasteiger partial charge in [-0.15, -0.1) is 0 Å². The van der Waals surface area contributed by atoms with Crippen molar-refractivity contribution in [1.29, 1.82) is 0 Å². The number of aryl methyl sites for hydroxylation is 3. The van der Waals surface area contributed by atoms with Gasteiger partial charge in [0.1, 0.15) is 10.7 Å². The fourth-order valence-corrected chi connectivity index (χ4v) is 3.34. The number of benzene rings is 2. The third-order valence-electron chi connectivity index (χ3n) is 3.71. The summed E-state index contributed by atoms with van der Waals surface area (Å²) in [6, 6.07) is 12.2. The summed E-state index contributed by atoms with van der Waals surface area (Å²) in [5.74, 6) is -0.573. The van der Waals surface area contributed by atoms with Crippen LogP contribution in [0.2, 0.25) is 0 Å². The maximum absolute atomic E-state index is 13.2. The van der Waals surface area contributed by atoms with Crippen LogP contribution in [0.1, 0.15) is 26.5 Å².